The van der Waals surface area contributed by atoms with Gasteiger partial charge in [0.15, 0.2) is 0 Å². The topological polar surface area (TPSA) is 54.7 Å². The summed E-state index contributed by atoms with van der Waals surface area (Å²) in [5.41, 5.74) is 2.26. The largest absolute Gasteiger partial charge is 0.443 e. The molecule has 0 atom stereocenters. The van der Waals surface area contributed by atoms with Crippen LogP contribution in [-0.4, -0.2) is 41.6 Å². The fraction of sp³-hybridized carbons (Fsp3) is 0.471. The Morgan fingerprint density at radius 1 is 1.36 bits per heavy atom. The van der Waals surface area contributed by atoms with Gasteiger partial charge in [-0.3, -0.25) is 4.57 Å². The lowest BCUT2D eigenvalue weighted by atomic mass is 10.1. The number of rotatable bonds is 3. The average Bonchev–Trinajstić information content (AvgIpc) is 2.79. The lowest BCUT2D eigenvalue weighted by Crippen LogP contribution is -2.27. The molecular formula is C17H24N2O3. The van der Waals surface area contributed by atoms with Crippen LogP contribution in [-0.2, 0) is 4.74 Å². The minimum atomic E-state index is -0.546. The number of ether oxygens (including phenoxy) is 1. The van der Waals surface area contributed by atoms with Crippen LogP contribution < -0.4 is 4.90 Å². The minimum Gasteiger partial charge on any atom is -0.443 e. The first-order chi connectivity index (χ1) is 10.2. The highest BCUT2D eigenvalue weighted by atomic mass is 16.6. The first kappa shape index (κ1) is 16.4. The number of benzene rings is 1. The van der Waals surface area contributed by atoms with Gasteiger partial charge in [0.2, 0.25) is 0 Å². The van der Waals surface area contributed by atoms with Gasteiger partial charge in [0.25, 0.3) is 0 Å². The van der Waals surface area contributed by atoms with E-state index in [9.17, 15) is 9.90 Å². The van der Waals surface area contributed by atoms with Crippen LogP contribution in [0.4, 0.5) is 10.5 Å². The van der Waals surface area contributed by atoms with E-state index in [4.69, 9.17) is 4.74 Å². The van der Waals surface area contributed by atoms with Crippen molar-refractivity contribution in [2.24, 2.45) is 0 Å². The van der Waals surface area contributed by atoms with Crippen molar-refractivity contribution in [3.8, 4) is 0 Å². The summed E-state index contributed by atoms with van der Waals surface area (Å²) < 4.78 is 7.00. The van der Waals surface area contributed by atoms with Crippen molar-refractivity contribution in [2.45, 2.75) is 33.3 Å². The number of carbonyl (C=O) groups excluding carboxylic acids is 1. The molecule has 120 valence electrons. The van der Waals surface area contributed by atoms with Crippen LogP contribution >= 0.6 is 0 Å². The zero-order chi connectivity index (χ0) is 16.5. The van der Waals surface area contributed by atoms with Gasteiger partial charge in [-0.15, -0.1) is 0 Å². The van der Waals surface area contributed by atoms with Crippen LogP contribution in [0.15, 0.2) is 24.4 Å². The number of hydrogen-bond donors (Lipinski definition) is 1. The van der Waals surface area contributed by atoms with Crippen LogP contribution in [0.25, 0.3) is 10.9 Å². The summed E-state index contributed by atoms with van der Waals surface area (Å²) in [5, 5.41) is 10.2. The van der Waals surface area contributed by atoms with Gasteiger partial charge in [-0.2, -0.15) is 0 Å². The zero-order valence-corrected chi connectivity index (χ0v) is 13.9. The number of hydrogen-bond acceptors (Lipinski definition) is 4. The van der Waals surface area contributed by atoms with Gasteiger partial charge >= 0.3 is 6.09 Å². The number of aryl methyl sites for hydroxylation is 1. The predicted molar refractivity (Wildman–Crippen MR) is 88.7 cm³/mol. The maximum Gasteiger partial charge on any atom is 0.419 e. The molecule has 1 N–H and O–H groups in total. The molecule has 0 bridgehead atoms. The van der Waals surface area contributed by atoms with Crippen LogP contribution in [0.3, 0.4) is 0 Å². The van der Waals surface area contributed by atoms with E-state index >= 15 is 0 Å². The highest BCUT2D eigenvalue weighted by molar-refractivity contribution is 5.98. The Bertz CT molecular complexity index is 683. The molecule has 2 rings (SSSR count). The van der Waals surface area contributed by atoms with E-state index < -0.39 is 11.7 Å². The summed E-state index contributed by atoms with van der Waals surface area (Å²) in [6.45, 7) is 8.11. The van der Waals surface area contributed by atoms with Crippen molar-refractivity contribution >= 4 is 22.7 Å². The van der Waals surface area contributed by atoms with Crippen LogP contribution in [0, 0.1) is 6.92 Å². The van der Waals surface area contributed by atoms with Crippen molar-refractivity contribution in [1.29, 1.82) is 0 Å². The monoisotopic (exact) mass is 304 g/mol. The normalized spacial score (nSPS) is 11.7. The molecule has 0 aliphatic carbocycles. The molecule has 0 amide bonds. The molecule has 22 heavy (non-hydrogen) atoms. The first-order valence-electron chi connectivity index (χ1n) is 7.40. The Hall–Kier alpha value is -2.01. The van der Waals surface area contributed by atoms with Crippen molar-refractivity contribution < 1.29 is 14.6 Å². The number of likely N-dealkylation sites (N-methyl/N-ethyl adjacent to an activating group) is 1. The summed E-state index contributed by atoms with van der Waals surface area (Å²) >= 11 is 0. The number of aliphatic hydroxyl groups excluding tert-OH is 1. The molecule has 2 aromatic rings. The quantitative estimate of drug-likeness (QED) is 0.946. The lowest BCUT2D eigenvalue weighted by molar-refractivity contribution is 0.0544. The fourth-order valence-electron chi connectivity index (χ4n) is 2.43. The standard InChI is InChI=1S/C17H24N2O3/c1-12-10-13-6-7-19(16(21)22-17(2,3)4)15(13)14(11-12)18(5)8-9-20/h6-7,10-11,20H,8-9H2,1-5H3. The molecule has 5 nitrogen and oxygen atoms in total. The smallest absolute Gasteiger partial charge is 0.419 e. The molecule has 0 saturated heterocycles. The molecule has 1 aromatic carbocycles. The van der Waals surface area contributed by atoms with Crippen LogP contribution in [0.2, 0.25) is 0 Å². The third kappa shape index (κ3) is 3.42. The van der Waals surface area contributed by atoms with Gasteiger partial charge in [0, 0.05) is 25.2 Å². The highest BCUT2D eigenvalue weighted by Gasteiger charge is 2.21. The summed E-state index contributed by atoms with van der Waals surface area (Å²) in [7, 11) is 1.90. The first-order valence-corrected chi connectivity index (χ1v) is 7.40. The Balaban J connectivity index is 2.55. The zero-order valence-electron chi connectivity index (χ0n) is 13.9. The second-order valence-electron chi connectivity index (χ2n) is 6.53. The highest BCUT2D eigenvalue weighted by Crippen LogP contribution is 2.29. The number of aromatic nitrogens is 1. The number of fused-ring (bicyclic) bond motifs is 1. The lowest BCUT2D eigenvalue weighted by Gasteiger charge is -2.23. The Morgan fingerprint density at radius 2 is 2.05 bits per heavy atom. The molecule has 0 saturated carbocycles. The third-order valence-corrected chi connectivity index (χ3v) is 3.34. The fourth-order valence-corrected chi connectivity index (χ4v) is 2.43. The summed E-state index contributed by atoms with van der Waals surface area (Å²) in [4.78, 5) is 14.4. The van der Waals surface area contributed by atoms with Gasteiger partial charge in [-0.05, 0) is 51.5 Å². The van der Waals surface area contributed by atoms with Crippen molar-refractivity contribution in [2.75, 3.05) is 25.1 Å². The maximum absolute atomic E-state index is 12.4. The number of anilines is 1. The van der Waals surface area contributed by atoms with Gasteiger partial charge in [-0.1, -0.05) is 0 Å². The number of carbonyl (C=O) groups is 1. The Labute approximate surface area is 131 Å². The maximum atomic E-state index is 12.4. The SMILES string of the molecule is Cc1cc(N(C)CCO)c2c(ccn2C(=O)OC(C)(C)C)c1. The molecule has 0 aliphatic heterocycles. The molecule has 1 heterocycles. The Kier molecular flexibility index (Phi) is 4.47. The second-order valence-corrected chi connectivity index (χ2v) is 6.53. The van der Waals surface area contributed by atoms with Crippen molar-refractivity contribution in [1.82, 2.24) is 4.57 Å². The van der Waals surface area contributed by atoms with Gasteiger partial charge in [0.05, 0.1) is 17.8 Å². The molecule has 0 spiro atoms. The molecule has 0 unspecified atom stereocenters. The van der Waals surface area contributed by atoms with E-state index in [2.05, 4.69) is 0 Å². The summed E-state index contributed by atoms with van der Waals surface area (Å²) in [6.07, 6.45) is 1.33. The molecular weight excluding hydrogens is 280 g/mol. The molecule has 1 aromatic heterocycles. The van der Waals surface area contributed by atoms with E-state index in [0.717, 1.165) is 22.2 Å². The number of nitrogens with zero attached hydrogens (tertiary/aromatic N) is 2. The van der Waals surface area contributed by atoms with E-state index in [0.29, 0.717) is 6.54 Å². The van der Waals surface area contributed by atoms with E-state index in [-0.39, 0.29) is 6.61 Å². The molecule has 0 fully saturated rings. The summed E-state index contributed by atoms with van der Waals surface area (Å²) in [5.74, 6) is 0. The van der Waals surface area contributed by atoms with Crippen molar-refractivity contribution in [3.05, 3.63) is 30.0 Å². The predicted octanol–water partition coefficient (Wildman–Crippen LogP) is 3.16. The average molecular weight is 304 g/mol. The second kappa shape index (κ2) is 6.01. The number of aliphatic hydroxyl groups is 1. The van der Waals surface area contributed by atoms with Crippen LogP contribution in [0.5, 0.6) is 0 Å². The van der Waals surface area contributed by atoms with E-state index in [1.165, 1.54) is 4.57 Å². The molecule has 0 radical (unpaired) electrons. The summed E-state index contributed by atoms with van der Waals surface area (Å²) in [6, 6.07) is 5.95. The van der Waals surface area contributed by atoms with E-state index in [1.54, 1.807) is 6.20 Å². The van der Waals surface area contributed by atoms with Gasteiger partial charge in [-0.25, -0.2) is 4.79 Å². The van der Waals surface area contributed by atoms with Gasteiger partial charge < -0.3 is 14.7 Å². The van der Waals surface area contributed by atoms with Gasteiger partial charge in [0.1, 0.15) is 5.60 Å². The third-order valence-electron chi connectivity index (χ3n) is 3.34. The molecule has 5 heteroatoms. The Morgan fingerprint density at radius 3 is 2.64 bits per heavy atom. The minimum absolute atomic E-state index is 0.0546. The van der Waals surface area contributed by atoms with Crippen molar-refractivity contribution in [3.63, 3.8) is 0 Å². The molecule has 0 aliphatic rings. The van der Waals surface area contributed by atoms with E-state index in [1.807, 2.05) is 57.8 Å². The van der Waals surface area contributed by atoms with Crippen LogP contribution in [0.1, 0.15) is 26.3 Å².